The van der Waals surface area contributed by atoms with E-state index in [4.69, 9.17) is 4.74 Å². The Morgan fingerprint density at radius 1 is 1.19 bits per heavy atom. The molecular weight excluding hydrogens is 364 g/mol. The first kappa shape index (κ1) is 17.9. The number of carbonyl (C=O) groups excluding carboxylic acids is 1. The van der Waals surface area contributed by atoms with Crippen LogP contribution in [0.25, 0.3) is 0 Å². The van der Waals surface area contributed by atoms with Gasteiger partial charge in [-0.25, -0.2) is 8.42 Å². The van der Waals surface area contributed by atoms with Crippen LogP contribution in [-0.4, -0.2) is 28.0 Å². The van der Waals surface area contributed by atoms with Gasteiger partial charge in [0.2, 0.25) is 15.9 Å². The standard InChI is InChI=1S/C20H22N2O4S/c1-26-18-8-2-14(3-9-18)13-27(24,25)21-17-7-6-15-10-11-22(19(15)12-17)20(23)16-4-5-16/h2-3,6-9,12,16,21H,4-5,10-11,13H2,1H3. The Balaban J connectivity index is 1.50. The maximum Gasteiger partial charge on any atom is 0.236 e. The molecule has 1 heterocycles. The number of ether oxygens (including phenoxy) is 1. The second kappa shape index (κ2) is 6.88. The zero-order chi connectivity index (χ0) is 19.0. The molecule has 1 aliphatic carbocycles. The summed E-state index contributed by atoms with van der Waals surface area (Å²) >= 11 is 0. The van der Waals surface area contributed by atoms with Crippen molar-refractivity contribution < 1.29 is 17.9 Å². The molecule has 0 unspecified atom stereocenters. The predicted molar refractivity (Wildman–Crippen MR) is 104 cm³/mol. The van der Waals surface area contributed by atoms with Crippen molar-refractivity contribution in [2.24, 2.45) is 5.92 Å². The summed E-state index contributed by atoms with van der Waals surface area (Å²) in [7, 11) is -1.99. The molecule has 0 aromatic heterocycles. The average molecular weight is 386 g/mol. The molecule has 0 spiro atoms. The van der Waals surface area contributed by atoms with Gasteiger partial charge >= 0.3 is 0 Å². The molecule has 7 heteroatoms. The Bertz CT molecular complexity index is 966. The van der Waals surface area contributed by atoms with Crippen LogP contribution in [0.5, 0.6) is 5.75 Å². The highest BCUT2D eigenvalue weighted by molar-refractivity contribution is 7.91. The Morgan fingerprint density at radius 2 is 1.93 bits per heavy atom. The Hall–Kier alpha value is -2.54. The fourth-order valence-electron chi connectivity index (χ4n) is 3.38. The third kappa shape index (κ3) is 3.93. The van der Waals surface area contributed by atoms with Crippen LogP contribution in [0.3, 0.4) is 0 Å². The van der Waals surface area contributed by atoms with Crippen LogP contribution in [0.4, 0.5) is 11.4 Å². The monoisotopic (exact) mass is 386 g/mol. The molecule has 142 valence electrons. The van der Waals surface area contributed by atoms with Gasteiger partial charge in [-0.15, -0.1) is 0 Å². The van der Waals surface area contributed by atoms with Crippen LogP contribution in [0.15, 0.2) is 42.5 Å². The van der Waals surface area contributed by atoms with Crippen molar-refractivity contribution >= 4 is 27.3 Å². The molecule has 2 aromatic carbocycles. The van der Waals surface area contributed by atoms with E-state index in [2.05, 4.69) is 4.72 Å². The summed E-state index contributed by atoms with van der Waals surface area (Å²) in [5.41, 5.74) is 3.08. The zero-order valence-electron chi connectivity index (χ0n) is 15.1. The molecule has 1 N–H and O–H groups in total. The Kier molecular flexibility index (Phi) is 4.55. The SMILES string of the molecule is COc1ccc(CS(=O)(=O)Nc2ccc3c(c2)N(C(=O)C2CC2)CC3)cc1. The van der Waals surface area contributed by atoms with Crippen LogP contribution in [0.2, 0.25) is 0 Å². The maximum absolute atomic E-state index is 12.5. The zero-order valence-corrected chi connectivity index (χ0v) is 16.0. The minimum atomic E-state index is -3.56. The molecule has 2 aliphatic rings. The molecule has 4 rings (SSSR count). The molecule has 1 fully saturated rings. The molecule has 6 nitrogen and oxygen atoms in total. The smallest absolute Gasteiger partial charge is 0.236 e. The lowest BCUT2D eigenvalue weighted by Gasteiger charge is -2.18. The van der Waals surface area contributed by atoms with Crippen LogP contribution in [0, 0.1) is 5.92 Å². The van der Waals surface area contributed by atoms with E-state index >= 15 is 0 Å². The summed E-state index contributed by atoms with van der Waals surface area (Å²) in [6.45, 7) is 0.673. The maximum atomic E-state index is 12.5. The minimum absolute atomic E-state index is 0.126. The van der Waals surface area contributed by atoms with E-state index in [0.717, 1.165) is 30.5 Å². The first-order valence-corrected chi connectivity index (χ1v) is 10.7. The van der Waals surface area contributed by atoms with Gasteiger partial charge in [-0.05, 0) is 54.7 Å². The fraction of sp³-hybridized carbons (Fsp3) is 0.350. The van der Waals surface area contributed by atoms with Crippen molar-refractivity contribution in [3.8, 4) is 5.75 Å². The van der Waals surface area contributed by atoms with E-state index in [-0.39, 0.29) is 17.6 Å². The lowest BCUT2D eigenvalue weighted by Crippen LogP contribution is -2.30. The summed E-state index contributed by atoms with van der Waals surface area (Å²) in [6.07, 6.45) is 2.73. The van der Waals surface area contributed by atoms with Gasteiger partial charge in [0.15, 0.2) is 0 Å². The summed E-state index contributed by atoms with van der Waals surface area (Å²) in [5.74, 6) is 0.861. The van der Waals surface area contributed by atoms with Crippen LogP contribution in [0.1, 0.15) is 24.0 Å². The second-order valence-electron chi connectivity index (χ2n) is 7.07. The number of benzene rings is 2. The van der Waals surface area contributed by atoms with Crippen molar-refractivity contribution in [2.75, 3.05) is 23.3 Å². The van der Waals surface area contributed by atoms with Gasteiger partial charge in [0, 0.05) is 18.2 Å². The van der Waals surface area contributed by atoms with Gasteiger partial charge in [-0.3, -0.25) is 9.52 Å². The van der Waals surface area contributed by atoms with E-state index in [9.17, 15) is 13.2 Å². The van der Waals surface area contributed by atoms with E-state index < -0.39 is 10.0 Å². The number of sulfonamides is 1. The summed E-state index contributed by atoms with van der Waals surface area (Å²) < 4.78 is 32.8. The molecule has 0 atom stereocenters. The molecule has 2 aromatic rings. The number of nitrogens with one attached hydrogen (secondary N) is 1. The summed E-state index contributed by atoms with van der Waals surface area (Å²) in [4.78, 5) is 14.2. The lowest BCUT2D eigenvalue weighted by atomic mass is 10.1. The number of nitrogens with zero attached hydrogens (tertiary/aromatic N) is 1. The number of rotatable bonds is 6. The van der Waals surface area contributed by atoms with Gasteiger partial charge in [-0.1, -0.05) is 18.2 Å². The molecule has 0 saturated heterocycles. The van der Waals surface area contributed by atoms with Gasteiger partial charge < -0.3 is 9.64 Å². The molecule has 0 bridgehead atoms. The van der Waals surface area contributed by atoms with Crippen molar-refractivity contribution in [1.29, 1.82) is 0 Å². The number of anilines is 2. The number of amides is 1. The molecule has 1 saturated carbocycles. The van der Waals surface area contributed by atoms with Crippen molar-refractivity contribution in [2.45, 2.75) is 25.0 Å². The molecular formula is C20H22N2O4S. The highest BCUT2D eigenvalue weighted by atomic mass is 32.2. The normalized spacial score (nSPS) is 16.1. The van der Waals surface area contributed by atoms with Crippen molar-refractivity contribution in [1.82, 2.24) is 0 Å². The number of hydrogen-bond donors (Lipinski definition) is 1. The number of methoxy groups -OCH3 is 1. The molecule has 1 amide bonds. The van der Waals surface area contributed by atoms with Crippen molar-refractivity contribution in [3.05, 3.63) is 53.6 Å². The first-order chi connectivity index (χ1) is 12.9. The first-order valence-electron chi connectivity index (χ1n) is 9.03. The molecule has 27 heavy (non-hydrogen) atoms. The number of hydrogen-bond acceptors (Lipinski definition) is 4. The van der Waals surface area contributed by atoms with E-state index in [0.29, 0.717) is 23.5 Å². The number of carbonyl (C=O) groups is 1. The van der Waals surface area contributed by atoms with Gasteiger partial charge in [0.05, 0.1) is 18.6 Å². The van der Waals surface area contributed by atoms with Crippen molar-refractivity contribution in [3.63, 3.8) is 0 Å². The highest BCUT2D eigenvalue weighted by Crippen LogP contribution is 2.37. The predicted octanol–water partition coefficient (Wildman–Crippen LogP) is 2.94. The lowest BCUT2D eigenvalue weighted by molar-refractivity contribution is -0.119. The second-order valence-corrected chi connectivity index (χ2v) is 8.79. The van der Waals surface area contributed by atoms with Gasteiger partial charge in [0.1, 0.15) is 5.75 Å². The average Bonchev–Trinajstić information content (AvgIpc) is 3.41. The van der Waals surface area contributed by atoms with Crippen LogP contribution >= 0.6 is 0 Å². The van der Waals surface area contributed by atoms with Crippen LogP contribution < -0.4 is 14.4 Å². The molecule has 0 radical (unpaired) electrons. The van der Waals surface area contributed by atoms with E-state index in [1.807, 2.05) is 6.07 Å². The third-order valence-corrected chi connectivity index (χ3v) is 6.22. The van der Waals surface area contributed by atoms with Crippen LogP contribution in [-0.2, 0) is 27.0 Å². The largest absolute Gasteiger partial charge is 0.497 e. The van der Waals surface area contributed by atoms with E-state index in [1.165, 1.54) is 0 Å². The Labute approximate surface area is 159 Å². The summed E-state index contributed by atoms with van der Waals surface area (Å²) in [5, 5.41) is 0. The van der Waals surface area contributed by atoms with Gasteiger partial charge in [0.25, 0.3) is 0 Å². The Morgan fingerprint density at radius 3 is 2.59 bits per heavy atom. The fourth-order valence-corrected chi connectivity index (χ4v) is 4.57. The highest BCUT2D eigenvalue weighted by Gasteiger charge is 2.36. The topological polar surface area (TPSA) is 75.7 Å². The third-order valence-electron chi connectivity index (χ3n) is 4.96. The molecule has 1 aliphatic heterocycles. The van der Waals surface area contributed by atoms with E-state index in [1.54, 1.807) is 48.4 Å². The quantitative estimate of drug-likeness (QED) is 0.828. The van der Waals surface area contributed by atoms with Gasteiger partial charge in [-0.2, -0.15) is 0 Å². The number of fused-ring (bicyclic) bond motifs is 1. The summed E-state index contributed by atoms with van der Waals surface area (Å²) in [6, 6.07) is 12.4. The minimum Gasteiger partial charge on any atom is -0.497 e.